The molecule has 4 saturated carbocycles. The van der Waals surface area contributed by atoms with Gasteiger partial charge in [-0.15, -0.1) is 0 Å². The van der Waals surface area contributed by atoms with Gasteiger partial charge in [-0.05, 0) is 99.2 Å². The molecule has 0 aromatic carbocycles. The molecule has 8 atom stereocenters. The number of hydrogen-bond donors (Lipinski definition) is 1. The third-order valence-corrected chi connectivity index (χ3v) is 8.84. The summed E-state index contributed by atoms with van der Waals surface area (Å²) in [5.41, 5.74) is 1.59. The van der Waals surface area contributed by atoms with Crippen molar-refractivity contribution in [3.05, 3.63) is 12.2 Å². The highest BCUT2D eigenvalue weighted by Crippen LogP contribution is 2.64. The highest BCUT2D eigenvalue weighted by Gasteiger charge is 2.56. The van der Waals surface area contributed by atoms with Gasteiger partial charge in [-0.3, -0.25) is 0 Å². The molecule has 4 fully saturated rings. The van der Waals surface area contributed by atoms with Crippen LogP contribution in [-0.4, -0.2) is 10.7 Å². The van der Waals surface area contributed by atoms with Crippen molar-refractivity contribution in [1.29, 1.82) is 0 Å². The van der Waals surface area contributed by atoms with Crippen LogP contribution in [-0.2, 0) is 0 Å². The third-order valence-electron chi connectivity index (χ3n) is 8.84. The molecule has 1 N–H and O–H groups in total. The normalized spacial score (nSPS) is 57.9. The predicted octanol–water partition coefficient (Wildman–Crippen LogP) is 5.19. The first kappa shape index (κ1) is 15.2. The minimum atomic E-state index is -0.418. The number of fused-ring (bicyclic) bond motifs is 5. The maximum absolute atomic E-state index is 10.7. The van der Waals surface area contributed by atoms with Gasteiger partial charge in [-0.25, -0.2) is 0 Å². The first-order chi connectivity index (χ1) is 10.3. The SMILES string of the molecule is C=C1CC[C@H]2[C@@H]3CC[C@H]4C[C@](C)(O)[C@@H](C)C[C@@H]4[C@H]3CC[C@]12C. The summed E-state index contributed by atoms with van der Waals surface area (Å²) in [6.07, 6.45) is 10.6. The molecule has 4 aliphatic rings. The first-order valence-corrected chi connectivity index (χ1v) is 9.73. The molecule has 0 aromatic rings. The van der Waals surface area contributed by atoms with Crippen LogP contribution in [0, 0.1) is 40.9 Å². The van der Waals surface area contributed by atoms with E-state index in [0.717, 1.165) is 36.0 Å². The second kappa shape index (κ2) is 4.85. The molecule has 0 heterocycles. The van der Waals surface area contributed by atoms with Gasteiger partial charge >= 0.3 is 0 Å². The Hall–Kier alpha value is -0.300. The van der Waals surface area contributed by atoms with Gasteiger partial charge in [0.15, 0.2) is 0 Å². The van der Waals surface area contributed by atoms with Gasteiger partial charge in [0.2, 0.25) is 0 Å². The van der Waals surface area contributed by atoms with Crippen molar-refractivity contribution in [3.8, 4) is 0 Å². The van der Waals surface area contributed by atoms with Crippen LogP contribution in [0.4, 0.5) is 0 Å². The Balaban J connectivity index is 1.59. The van der Waals surface area contributed by atoms with Crippen molar-refractivity contribution in [1.82, 2.24) is 0 Å². The van der Waals surface area contributed by atoms with Crippen LogP contribution in [0.2, 0.25) is 0 Å². The van der Waals surface area contributed by atoms with Crippen molar-refractivity contribution in [2.75, 3.05) is 0 Å². The third kappa shape index (κ3) is 2.00. The summed E-state index contributed by atoms with van der Waals surface area (Å²) in [4.78, 5) is 0. The molecule has 4 aliphatic carbocycles. The van der Waals surface area contributed by atoms with Crippen LogP contribution in [0.25, 0.3) is 0 Å². The number of rotatable bonds is 0. The molecule has 0 aliphatic heterocycles. The van der Waals surface area contributed by atoms with Crippen LogP contribution in [0.1, 0.15) is 72.1 Å². The lowest BCUT2D eigenvalue weighted by Gasteiger charge is -2.57. The fraction of sp³-hybridized carbons (Fsp3) is 0.905. The van der Waals surface area contributed by atoms with Crippen LogP contribution in [0.15, 0.2) is 12.2 Å². The van der Waals surface area contributed by atoms with E-state index in [4.69, 9.17) is 0 Å². The quantitative estimate of drug-likeness (QED) is 0.610. The van der Waals surface area contributed by atoms with Gasteiger partial charge in [0, 0.05) is 0 Å². The monoisotopic (exact) mass is 302 g/mol. The standard InChI is InChI=1S/C21H34O/c1-13-5-8-19-17-7-6-15-12-21(4,22)14(2)11-18(15)16(17)9-10-20(13,19)3/h14-19,22H,1,5-12H2,2-4H3/t14-,15-,16-,17+,18-,19-,20+,21-/m0/s1. The molecule has 0 amide bonds. The number of hydrogen-bond acceptors (Lipinski definition) is 1. The zero-order chi connectivity index (χ0) is 15.7. The topological polar surface area (TPSA) is 20.2 Å². The zero-order valence-corrected chi connectivity index (χ0v) is 14.8. The summed E-state index contributed by atoms with van der Waals surface area (Å²) < 4.78 is 0. The van der Waals surface area contributed by atoms with Gasteiger partial charge in [-0.2, -0.15) is 0 Å². The molecule has 1 heteroatoms. The molecular weight excluding hydrogens is 268 g/mol. The van der Waals surface area contributed by atoms with Crippen molar-refractivity contribution in [2.45, 2.75) is 77.7 Å². The zero-order valence-electron chi connectivity index (χ0n) is 14.8. The van der Waals surface area contributed by atoms with Gasteiger partial charge < -0.3 is 5.11 Å². The van der Waals surface area contributed by atoms with Crippen molar-refractivity contribution in [2.24, 2.45) is 40.9 Å². The van der Waals surface area contributed by atoms with Crippen molar-refractivity contribution in [3.63, 3.8) is 0 Å². The predicted molar refractivity (Wildman–Crippen MR) is 91.4 cm³/mol. The molecule has 0 aromatic heterocycles. The van der Waals surface area contributed by atoms with Gasteiger partial charge in [-0.1, -0.05) is 26.0 Å². The molecule has 1 nitrogen and oxygen atoms in total. The maximum atomic E-state index is 10.7. The summed E-state index contributed by atoms with van der Waals surface area (Å²) >= 11 is 0. The van der Waals surface area contributed by atoms with Crippen LogP contribution < -0.4 is 0 Å². The van der Waals surface area contributed by atoms with E-state index >= 15 is 0 Å². The Morgan fingerprint density at radius 2 is 1.82 bits per heavy atom. The first-order valence-electron chi connectivity index (χ1n) is 9.73. The lowest BCUT2D eigenvalue weighted by Crippen LogP contribution is -2.52. The van der Waals surface area contributed by atoms with Crippen molar-refractivity contribution >= 4 is 0 Å². The summed E-state index contributed by atoms with van der Waals surface area (Å²) in [6.45, 7) is 11.3. The number of allylic oxidation sites excluding steroid dienone is 1. The average molecular weight is 303 g/mol. The average Bonchev–Trinajstić information content (AvgIpc) is 2.76. The molecule has 22 heavy (non-hydrogen) atoms. The summed E-state index contributed by atoms with van der Waals surface area (Å²) in [5, 5.41) is 10.7. The molecule has 0 bridgehead atoms. The largest absolute Gasteiger partial charge is 0.390 e. The van der Waals surface area contributed by atoms with E-state index in [1.807, 2.05) is 0 Å². The van der Waals surface area contributed by atoms with E-state index < -0.39 is 5.60 Å². The van der Waals surface area contributed by atoms with E-state index in [1.54, 1.807) is 5.57 Å². The molecule has 0 radical (unpaired) electrons. The van der Waals surface area contributed by atoms with Crippen LogP contribution in [0.3, 0.4) is 0 Å². The Kier molecular flexibility index (Phi) is 3.36. The van der Waals surface area contributed by atoms with Crippen LogP contribution >= 0.6 is 0 Å². The fourth-order valence-corrected chi connectivity index (χ4v) is 7.16. The molecule has 0 saturated heterocycles. The van der Waals surface area contributed by atoms with Crippen LogP contribution in [0.5, 0.6) is 0 Å². The van der Waals surface area contributed by atoms with Gasteiger partial charge in [0.25, 0.3) is 0 Å². The van der Waals surface area contributed by atoms with E-state index in [1.165, 1.54) is 44.9 Å². The Morgan fingerprint density at radius 1 is 1.05 bits per heavy atom. The highest BCUT2D eigenvalue weighted by molar-refractivity contribution is 5.20. The van der Waals surface area contributed by atoms with E-state index in [9.17, 15) is 5.11 Å². The summed E-state index contributed by atoms with van der Waals surface area (Å²) in [5.74, 6) is 4.97. The fourth-order valence-electron chi connectivity index (χ4n) is 7.16. The van der Waals surface area contributed by atoms with E-state index in [-0.39, 0.29) is 0 Å². The molecule has 0 unspecified atom stereocenters. The lowest BCUT2D eigenvalue weighted by molar-refractivity contribution is -0.116. The van der Waals surface area contributed by atoms with E-state index in [2.05, 4.69) is 27.4 Å². The Morgan fingerprint density at radius 3 is 2.59 bits per heavy atom. The summed E-state index contributed by atoms with van der Waals surface area (Å²) in [6, 6.07) is 0. The van der Waals surface area contributed by atoms with Gasteiger partial charge in [0.05, 0.1) is 5.60 Å². The second-order valence-electron chi connectivity index (χ2n) is 9.73. The highest BCUT2D eigenvalue weighted by atomic mass is 16.3. The lowest BCUT2D eigenvalue weighted by atomic mass is 9.48. The smallest absolute Gasteiger partial charge is 0.0648 e. The maximum Gasteiger partial charge on any atom is 0.0648 e. The minimum absolute atomic E-state index is 0.418. The van der Waals surface area contributed by atoms with E-state index in [0.29, 0.717) is 11.3 Å². The molecule has 4 rings (SSSR count). The second-order valence-corrected chi connectivity index (χ2v) is 9.73. The molecule has 124 valence electrons. The van der Waals surface area contributed by atoms with Gasteiger partial charge in [0.1, 0.15) is 0 Å². The Labute approximate surface area is 136 Å². The van der Waals surface area contributed by atoms with Crippen molar-refractivity contribution < 1.29 is 5.11 Å². The summed E-state index contributed by atoms with van der Waals surface area (Å²) in [7, 11) is 0. The molecular formula is C21H34O. The Bertz CT molecular complexity index is 478. The number of aliphatic hydroxyl groups is 1. The minimum Gasteiger partial charge on any atom is -0.390 e. The molecule has 0 spiro atoms.